The Hall–Kier alpha value is -1.62. The Balaban J connectivity index is 2.27. The third kappa shape index (κ3) is 2.87. The number of halogens is 1. The Labute approximate surface area is 120 Å². The molecule has 0 fully saturated rings. The second-order valence-electron chi connectivity index (χ2n) is 4.67. The van der Waals surface area contributed by atoms with Crippen LogP contribution in [0.25, 0.3) is 0 Å². The van der Waals surface area contributed by atoms with E-state index in [1.54, 1.807) is 17.8 Å². The molecule has 0 aliphatic heterocycles. The normalized spacial score (nSPS) is 10.6. The molecule has 1 aromatic carbocycles. The molecule has 0 aliphatic carbocycles. The molecule has 2 rings (SSSR count). The number of amides is 1. The van der Waals surface area contributed by atoms with E-state index in [2.05, 4.69) is 26.3 Å². The average Bonchev–Trinajstić information content (AvgIpc) is 2.65. The largest absolute Gasteiger partial charge is 0.321 e. The SMILES string of the molecule is Cc1cc(C(=O)Nc2cc(C)c(Br)c(C)c2)n(C)n1. The second kappa shape index (κ2) is 5.17. The smallest absolute Gasteiger partial charge is 0.273 e. The first-order valence-electron chi connectivity index (χ1n) is 5.97. The van der Waals surface area contributed by atoms with Crippen LogP contribution in [-0.4, -0.2) is 15.7 Å². The van der Waals surface area contributed by atoms with Crippen LogP contribution in [0.5, 0.6) is 0 Å². The van der Waals surface area contributed by atoms with E-state index in [1.807, 2.05) is 32.9 Å². The summed E-state index contributed by atoms with van der Waals surface area (Å²) in [4.78, 5) is 12.2. The minimum Gasteiger partial charge on any atom is -0.321 e. The van der Waals surface area contributed by atoms with Gasteiger partial charge in [0.1, 0.15) is 5.69 Å². The van der Waals surface area contributed by atoms with E-state index in [9.17, 15) is 4.79 Å². The molecule has 1 N–H and O–H groups in total. The number of hydrogen-bond donors (Lipinski definition) is 1. The highest BCUT2D eigenvalue weighted by Crippen LogP contribution is 2.25. The van der Waals surface area contributed by atoms with E-state index in [4.69, 9.17) is 0 Å². The summed E-state index contributed by atoms with van der Waals surface area (Å²) in [5.41, 5.74) is 4.36. The highest BCUT2D eigenvalue weighted by molar-refractivity contribution is 9.10. The van der Waals surface area contributed by atoms with Gasteiger partial charge in [-0.2, -0.15) is 5.10 Å². The number of nitrogens with zero attached hydrogens (tertiary/aromatic N) is 2. The zero-order valence-electron chi connectivity index (χ0n) is 11.4. The van der Waals surface area contributed by atoms with Crippen LogP contribution >= 0.6 is 15.9 Å². The van der Waals surface area contributed by atoms with Gasteiger partial charge in [-0.1, -0.05) is 15.9 Å². The van der Waals surface area contributed by atoms with E-state index in [-0.39, 0.29) is 5.91 Å². The fraction of sp³-hybridized carbons (Fsp3) is 0.286. The van der Waals surface area contributed by atoms with Gasteiger partial charge in [0.15, 0.2) is 0 Å². The van der Waals surface area contributed by atoms with Crippen LogP contribution in [0.4, 0.5) is 5.69 Å². The quantitative estimate of drug-likeness (QED) is 0.921. The summed E-state index contributed by atoms with van der Waals surface area (Å²) in [5.74, 6) is -0.149. The van der Waals surface area contributed by atoms with Gasteiger partial charge >= 0.3 is 0 Å². The number of hydrogen-bond acceptors (Lipinski definition) is 2. The van der Waals surface area contributed by atoms with Crippen LogP contribution in [0.15, 0.2) is 22.7 Å². The van der Waals surface area contributed by atoms with E-state index in [0.717, 1.165) is 27.0 Å². The molecule has 1 amide bonds. The van der Waals surface area contributed by atoms with Crippen molar-refractivity contribution in [3.63, 3.8) is 0 Å². The Bertz CT molecular complexity index is 623. The second-order valence-corrected chi connectivity index (χ2v) is 5.47. The fourth-order valence-electron chi connectivity index (χ4n) is 2.04. The summed E-state index contributed by atoms with van der Waals surface area (Å²) in [6, 6.07) is 5.66. The van der Waals surface area contributed by atoms with Gasteiger partial charge in [-0.15, -0.1) is 0 Å². The monoisotopic (exact) mass is 321 g/mol. The summed E-state index contributed by atoms with van der Waals surface area (Å²) >= 11 is 3.51. The highest BCUT2D eigenvalue weighted by atomic mass is 79.9. The first-order chi connectivity index (χ1) is 8.88. The molecule has 0 saturated carbocycles. The summed E-state index contributed by atoms with van der Waals surface area (Å²) in [5, 5.41) is 7.07. The summed E-state index contributed by atoms with van der Waals surface area (Å²) in [7, 11) is 1.76. The number of aryl methyl sites for hydroxylation is 4. The molecule has 1 heterocycles. The molecule has 0 atom stereocenters. The third-order valence-electron chi connectivity index (χ3n) is 2.93. The van der Waals surface area contributed by atoms with Gasteiger partial charge in [0.25, 0.3) is 5.91 Å². The summed E-state index contributed by atoms with van der Waals surface area (Å²) in [6.07, 6.45) is 0. The van der Waals surface area contributed by atoms with Crippen LogP contribution in [0.1, 0.15) is 27.3 Å². The molecule has 100 valence electrons. The number of nitrogens with one attached hydrogen (secondary N) is 1. The lowest BCUT2D eigenvalue weighted by atomic mass is 10.1. The topological polar surface area (TPSA) is 46.9 Å². The molecule has 0 saturated heterocycles. The van der Waals surface area contributed by atoms with Crippen molar-refractivity contribution in [3.8, 4) is 0 Å². The van der Waals surface area contributed by atoms with E-state index in [1.165, 1.54) is 0 Å². The van der Waals surface area contributed by atoms with Crippen molar-refractivity contribution in [1.82, 2.24) is 9.78 Å². The molecule has 2 aromatic rings. The predicted octanol–water partition coefficient (Wildman–Crippen LogP) is 3.36. The number of carbonyl (C=O) groups is 1. The molecule has 0 bridgehead atoms. The van der Waals surface area contributed by atoms with Crippen molar-refractivity contribution in [3.05, 3.63) is 45.2 Å². The number of aromatic nitrogens is 2. The highest BCUT2D eigenvalue weighted by Gasteiger charge is 2.12. The van der Waals surface area contributed by atoms with E-state index in [0.29, 0.717) is 5.69 Å². The number of anilines is 1. The fourth-order valence-corrected chi connectivity index (χ4v) is 2.27. The molecule has 4 nitrogen and oxygen atoms in total. The van der Waals surface area contributed by atoms with Crippen molar-refractivity contribution < 1.29 is 4.79 Å². The van der Waals surface area contributed by atoms with Crippen LogP contribution in [0.3, 0.4) is 0 Å². The number of carbonyl (C=O) groups excluding carboxylic acids is 1. The molecule has 0 spiro atoms. The lowest BCUT2D eigenvalue weighted by Crippen LogP contribution is -2.16. The minimum atomic E-state index is -0.149. The Kier molecular flexibility index (Phi) is 3.75. The molecular formula is C14H16BrN3O. The molecule has 5 heteroatoms. The van der Waals surface area contributed by atoms with Gasteiger partial charge < -0.3 is 5.32 Å². The van der Waals surface area contributed by atoms with Crippen molar-refractivity contribution in [2.24, 2.45) is 7.05 Å². The van der Waals surface area contributed by atoms with Gasteiger partial charge in [-0.25, -0.2) is 0 Å². The summed E-state index contributed by atoms with van der Waals surface area (Å²) in [6.45, 7) is 5.87. The number of benzene rings is 1. The maximum absolute atomic E-state index is 12.2. The third-order valence-corrected chi connectivity index (χ3v) is 4.18. The van der Waals surface area contributed by atoms with Gasteiger partial charge in [0.2, 0.25) is 0 Å². The first-order valence-corrected chi connectivity index (χ1v) is 6.76. The Morgan fingerprint density at radius 3 is 2.26 bits per heavy atom. The van der Waals surface area contributed by atoms with E-state index >= 15 is 0 Å². The van der Waals surface area contributed by atoms with Crippen molar-refractivity contribution in [1.29, 1.82) is 0 Å². The van der Waals surface area contributed by atoms with Gasteiger partial charge in [-0.3, -0.25) is 9.48 Å². The standard InChI is InChI=1S/C14H16BrN3O/c1-8-5-11(6-9(2)13(8)15)16-14(19)12-7-10(3)17-18(12)4/h5-7H,1-4H3,(H,16,19). The lowest BCUT2D eigenvalue weighted by Gasteiger charge is -2.09. The van der Waals surface area contributed by atoms with Gasteiger partial charge in [-0.05, 0) is 50.1 Å². The van der Waals surface area contributed by atoms with E-state index < -0.39 is 0 Å². The molecule has 1 aromatic heterocycles. The Morgan fingerprint density at radius 1 is 1.21 bits per heavy atom. The van der Waals surface area contributed by atoms with Crippen molar-refractivity contribution >= 4 is 27.5 Å². The minimum absolute atomic E-state index is 0.149. The molecule has 0 radical (unpaired) electrons. The van der Waals surface area contributed by atoms with Crippen LogP contribution in [0.2, 0.25) is 0 Å². The number of rotatable bonds is 2. The summed E-state index contributed by atoms with van der Waals surface area (Å²) < 4.78 is 2.66. The zero-order valence-corrected chi connectivity index (χ0v) is 13.0. The maximum atomic E-state index is 12.2. The molecule has 0 unspecified atom stereocenters. The average molecular weight is 322 g/mol. The van der Waals surface area contributed by atoms with Crippen molar-refractivity contribution in [2.75, 3.05) is 5.32 Å². The van der Waals surface area contributed by atoms with Gasteiger partial charge in [0, 0.05) is 17.2 Å². The predicted molar refractivity (Wildman–Crippen MR) is 79.5 cm³/mol. The van der Waals surface area contributed by atoms with Crippen LogP contribution in [0, 0.1) is 20.8 Å². The lowest BCUT2D eigenvalue weighted by molar-refractivity contribution is 0.101. The molecule has 0 aliphatic rings. The van der Waals surface area contributed by atoms with Gasteiger partial charge in [0.05, 0.1) is 5.69 Å². The molecule has 19 heavy (non-hydrogen) atoms. The first kappa shape index (κ1) is 13.8. The van der Waals surface area contributed by atoms with Crippen LogP contribution in [-0.2, 0) is 7.05 Å². The molecular weight excluding hydrogens is 306 g/mol. The van der Waals surface area contributed by atoms with Crippen molar-refractivity contribution in [2.45, 2.75) is 20.8 Å². The van der Waals surface area contributed by atoms with Crippen LogP contribution < -0.4 is 5.32 Å². The maximum Gasteiger partial charge on any atom is 0.273 e. The Morgan fingerprint density at radius 2 is 1.79 bits per heavy atom. The zero-order chi connectivity index (χ0) is 14.2.